The number of rotatable bonds is 9. The molecule has 1 aliphatic heterocycles. The summed E-state index contributed by atoms with van der Waals surface area (Å²) in [6.45, 7) is 4.55. The van der Waals surface area contributed by atoms with Crippen LogP contribution in [-0.4, -0.2) is 31.7 Å². The molecule has 1 fully saturated rings. The molecule has 5 heteroatoms. The summed E-state index contributed by atoms with van der Waals surface area (Å²) in [5.74, 6) is 2.45. The zero-order valence-electron chi connectivity index (χ0n) is 17.0. The fraction of sp³-hybridized carbons (Fsp3) is 0.280. The number of phenolic OH excluding ortho intramolecular Hbond substituents is 1. The van der Waals surface area contributed by atoms with Crippen LogP contribution >= 0.6 is 0 Å². The van der Waals surface area contributed by atoms with Crippen molar-refractivity contribution in [2.24, 2.45) is 5.41 Å². The van der Waals surface area contributed by atoms with Gasteiger partial charge in [-0.1, -0.05) is 31.2 Å². The molecule has 5 nitrogen and oxygen atoms in total. The van der Waals surface area contributed by atoms with Crippen LogP contribution in [0.2, 0.25) is 0 Å². The summed E-state index contributed by atoms with van der Waals surface area (Å²) in [5.41, 5.74) is 2.40. The van der Waals surface area contributed by atoms with Crippen LogP contribution in [0.25, 0.3) is 11.1 Å². The maximum Gasteiger partial charge on any atom is 0.230 e. The molecule has 4 rings (SSSR count). The molecule has 0 saturated carbocycles. The minimum absolute atomic E-state index is 0.0977. The molecule has 3 aromatic carbocycles. The third kappa shape index (κ3) is 4.86. The zero-order chi connectivity index (χ0) is 20.8. The van der Waals surface area contributed by atoms with Crippen LogP contribution in [0.3, 0.4) is 0 Å². The first kappa shape index (κ1) is 20.1. The average Bonchev–Trinajstić information content (AvgIpc) is 2.76. The fourth-order valence-electron chi connectivity index (χ4n) is 3.21. The van der Waals surface area contributed by atoms with Crippen LogP contribution < -0.4 is 14.2 Å². The summed E-state index contributed by atoms with van der Waals surface area (Å²) in [7, 11) is 0. The monoisotopic (exact) mass is 406 g/mol. The summed E-state index contributed by atoms with van der Waals surface area (Å²) in [6, 6.07) is 22.5. The van der Waals surface area contributed by atoms with E-state index in [1.165, 1.54) is 0 Å². The summed E-state index contributed by atoms with van der Waals surface area (Å²) >= 11 is 0. The third-order valence-corrected chi connectivity index (χ3v) is 5.44. The largest absolute Gasteiger partial charge is 0.508 e. The van der Waals surface area contributed by atoms with Gasteiger partial charge in [0.2, 0.25) is 6.79 Å². The molecule has 1 aliphatic rings. The predicted octanol–water partition coefficient (Wildman–Crippen LogP) is 5.28. The van der Waals surface area contributed by atoms with Crippen molar-refractivity contribution in [3.8, 4) is 34.1 Å². The maximum absolute atomic E-state index is 9.28. The second-order valence-corrected chi connectivity index (χ2v) is 7.58. The van der Waals surface area contributed by atoms with Gasteiger partial charge in [0, 0.05) is 0 Å². The molecule has 0 radical (unpaired) electrons. The van der Waals surface area contributed by atoms with Crippen molar-refractivity contribution in [2.45, 2.75) is 13.3 Å². The molecular formula is C25H26O5. The van der Waals surface area contributed by atoms with E-state index in [-0.39, 0.29) is 18.0 Å². The molecule has 0 amide bonds. The van der Waals surface area contributed by atoms with Crippen molar-refractivity contribution in [1.29, 1.82) is 0 Å². The van der Waals surface area contributed by atoms with Gasteiger partial charge in [-0.2, -0.15) is 0 Å². The molecule has 156 valence electrons. The molecular weight excluding hydrogens is 380 g/mol. The lowest BCUT2D eigenvalue weighted by Gasteiger charge is -2.40. The summed E-state index contributed by atoms with van der Waals surface area (Å²) in [5, 5.41) is 9.28. The minimum atomic E-state index is 0.0977. The predicted molar refractivity (Wildman–Crippen MR) is 115 cm³/mol. The van der Waals surface area contributed by atoms with E-state index in [2.05, 4.69) is 19.1 Å². The van der Waals surface area contributed by atoms with E-state index in [0.29, 0.717) is 12.4 Å². The SMILES string of the molecule is CCC1(COc2ccc(-c3ccc(OCOc4ccc(O)cc4)cc3)cc2)COC1. The molecule has 0 aromatic heterocycles. The topological polar surface area (TPSA) is 57.2 Å². The molecule has 1 saturated heterocycles. The Morgan fingerprint density at radius 3 is 1.63 bits per heavy atom. The number of phenols is 1. The first-order valence-corrected chi connectivity index (χ1v) is 10.1. The Morgan fingerprint density at radius 2 is 1.20 bits per heavy atom. The quantitative estimate of drug-likeness (QED) is 0.490. The van der Waals surface area contributed by atoms with Crippen molar-refractivity contribution < 1.29 is 24.1 Å². The van der Waals surface area contributed by atoms with E-state index < -0.39 is 0 Å². The second kappa shape index (κ2) is 9.09. The molecule has 1 heterocycles. The average molecular weight is 406 g/mol. The number of hydrogen-bond acceptors (Lipinski definition) is 5. The van der Waals surface area contributed by atoms with Crippen molar-refractivity contribution in [3.05, 3.63) is 72.8 Å². The Morgan fingerprint density at radius 1 is 0.733 bits per heavy atom. The van der Waals surface area contributed by atoms with Gasteiger partial charge in [0.15, 0.2) is 0 Å². The van der Waals surface area contributed by atoms with Crippen LogP contribution in [0.1, 0.15) is 13.3 Å². The molecule has 0 unspecified atom stereocenters. The lowest BCUT2D eigenvalue weighted by molar-refractivity contribution is -0.133. The van der Waals surface area contributed by atoms with Crippen molar-refractivity contribution in [2.75, 3.05) is 26.6 Å². The number of hydrogen-bond donors (Lipinski definition) is 1. The van der Waals surface area contributed by atoms with Gasteiger partial charge in [0.05, 0.1) is 25.2 Å². The Bertz CT molecular complexity index is 923. The van der Waals surface area contributed by atoms with E-state index in [9.17, 15) is 5.11 Å². The third-order valence-electron chi connectivity index (χ3n) is 5.44. The van der Waals surface area contributed by atoms with Crippen LogP contribution in [0.4, 0.5) is 0 Å². The van der Waals surface area contributed by atoms with E-state index in [0.717, 1.165) is 42.3 Å². The van der Waals surface area contributed by atoms with Gasteiger partial charge in [0.1, 0.15) is 23.0 Å². The van der Waals surface area contributed by atoms with Crippen LogP contribution in [0, 0.1) is 5.41 Å². The van der Waals surface area contributed by atoms with Crippen LogP contribution in [0.15, 0.2) is 72.8 Å². The molecule has 1 N–H and O–H groups in total. The highest BCUT2D eigenvalue weighted by Crippen LogP contribution is 2.32. The van der Waals surface area contributed by atoms with Gasteiger partial charge in [-0.3, -0.25) is 0 Å². The molecule has 0 aliphatic carbocycles. The Labute approximate surface area is 176 Å². The molecule has 3 aromatic rings. The van der Waals surface area contributed by atoms with E-state index >= 15 is 0 Å². The van der Waals surface area contributed by atoms with Gasteiger partial charge in [-0.25, -0.2) is 0 Å². The fourth-order valence-corrected chi connectivity index (χ4v) is 3.21. The standard InChI is InChI=1S/C25H26O5/c1-2-25(15-27-16-25)17-28-22-9-3-19(4-10-22)20-5-11-23(12-6-20)29-18-30-24-13-7-21(26)8-14-24/h3-14,26H,2,15-18H2,1H3. The van der Waals surface area contributed by atoms with Crippen molar-refractivity contribution >= 4 is 0 Å². The number of ether oxygens (including phenoxy) is 4. The lowest BCUT2D eigenvalue weighted by Crippen LogP contribution is -2.46. The smallest absolute Gasteiger partial charge is 0.230 e. The maximum atomic E-state index is 9.28. The number of benzene rings is 3. The normalized spacial score (nSPS) is 14.6. The molecule has 0 bridgehead atoms. The Hall–Kier alpha value is -3.18. The van der Waals surface area contributed by atoms with Gasteiger partial charge in [0.25, 0.3) is 0 Å². The highest BCUT2D eigenvalue weighted by Gasteiger charge is 2.37. The molecule has 0 spiro atoms. The summed E-state index contributed by atoms with van der Waals surface area (Å²) in [4.78, 5) is 0. The van der Waals surface area contributed by atoms with Crippen molar-refractivity contribution in [3.63, 3.8) is 0 Å². The lowest BCUT2D eigenvalue weighted by atomic mass is 9.84. The Balaban J connectivity index is 1.28. The van der Waals surface area contributed by atoms with Crippen molar-refractivity contribution in [1.82, 2.24) is 0 Å². The molecule has 30 heavy (non-hydrogen) atoms. The van der Waals surface area contributed by atoms with E-state index in [4.69, 9.17) is 18.9 Å². The van der Waals surface area contributed by atoms with E-state index in [1.54, 1.807) is 24.3 Å². The first-order chi connectivity index (χ1) is 14.7. The van der Waals surface area contributed by atoms with E-state index in [1.807, 2.05) is 36.4 Å². The van der Waals surface area contributed by atoms with Crippen LogP contribution in [0.5, 0.6) is 23.0 Å². The minimum Gasteiger partial charge on any atom is -0.508 e. The van der Waals surface area contributed by atoms with Gasteiger partial charge < -0.3 is 24.1 Å². The molecule has 0 atom stereocenters. The number of aromatic hydroxyl groups is 1. The Kier molecular flexibility index (Phi) is 6.10. The highest BCUT2D eigenvalue weighted by molar-refractivity contribution is 5.64. The highest BCUT2D eigenvalue weighted by atomic mass is 16.7. The van der Waals surface area contributed by atoms with Gasteiger partial charge >= 0.3 is 0 Å². The summed E-state index contributed by atoms with van der Waals surface area (Å²) in [6.07, 6.45) is 1.07. The van der Waals surface area contributed by atoms with Crippen LogP contribution in [-0.2, 0) is 4.74 Å². The van der Waals surface area contributed by atoms with Gasteiger partial charge in [-0.15, -0.1) is 0 Å². The first-order valence-electron chi connectivity index (χ1n) is 10.1. The second-order valence-electron chi connectivity index (χ2n) is 7.58. The zero-order valence-corrected chi connectivity index (χ0v) is 17.0. The summed E-state index contributed by atoms with van der Waals surface area (Å²) < 4.78 is 22.5. The van der Waals surface area contributed by atoms with Gasteiger partial charge in [-0.05, 0) is 66.1 Å².